The van der Waals surface area contributed by atoms with Crippen LogP contribution in [0, 0.1) is 5.92 Å². The molecular weight excluding hydrogens is 681 g/mol. The Hall–Kier alpha value is -6.58. The summed E-state index contributed by atoms with van der Waals surface area (Å²) < 4.78 is 7.23. The minimum atomic E-state index is -0.657. The molecule has 2 heterocycles. The van der Waals surface area contributed by atoms with Crippen LogP contribution in [0.2, 0.25) is 0 Å². The number of para-hydroxylation sites is 2. The Morgan fingerprint density at radius 2 is 1.25 bits per heavy atom. The molecule has 3 atom stereocenters. The number of nitrogens with zero attached hydrogens (tertiary/aromatic N) is 2. The Bertz CT molecular complexity index is 2760. The second-order valence-electron chi connectivity index (χ2n) is 15.9. The number of rotatable bonds is 4. The molecule has 1 spiro atoms. The van der Waals surface area contributed by atoms with Crippen molar-refractivity contribution >= 4 is 11.6 Å². The van der Waals surface area contributed by atoms with Gasteiger partial charge in [-0.1, -0.05) is 177 Å². The van der Waals surface area contributed by atoms with E-state index in [2.05, 4.69) is 196 Å². The van der Waals surface area contributed by atoms with E-state index >= 15 is 0 Å². The highest BCUT2D eigenvalue weighted by molar-refractivity contribution is 5.89. The second kappa shape index (κ2) is 12.5. The minimum absolute atomic E-state index is 0.153. The molecular formula is C53H40N2O. The van der Waals surface area contributed by atoms with Gasteiger partial charge in [0.1, 0.15) is 17.3 Å². The van der Waals surface area contributed by atoms with Crippen molar-refractivity contribution in [1.29, 1.82) is 0 Å². The standard InChI is InChI=1S/C53H40N2O/c1-34-16-14-20-37(32-34)48-33-47(36-18-4-3-5-19-36)54-51(55-48)52(2)41-24-9-6-17-35(41)30-31-42(52)40-23-15-28-46-50(40)56-49-29-13-12-27-45(49)53(46)43-25-10-7-21-38(43)39-22-8-11-26-44(39)53/h3-31,33-34,42H,32H2,1-2H3. The summed E-state index contributed by atoms with van der Waals surface area (Å²) in [6, 6.07) is 54.8. The molecule has 0 radical (unpaired) electrons. The number of hydrogen-bond donors (Lipinski definition) is 0. The van der Waals surface area contributed by atoms with E-state index in [-0.39, 0.29) is 5.92 Å². The molecule has 56 heavy (non-hydrogen) atoms. The van der Waals surface area contributed by atoms with Crippen LogP contribution in [0.1, 0.15) is 76.6 Å². The van der Waals surface area contributed by atoms with E-state index in [1.165, 1.54) is 44.5 Å². The van der Waals surface area contributed by atoms with Crippen LogP contribution in [0.5, 0.6) is 11.5 Å². The predicted octanol–water partition coefficient (Wildman–Crippen LogP) is 12.7. The summed E-state index contributed by atoms with van der Waals surface area (Å²) in [7, 11) is 0. The summed E-state index contributed by atoms with van der Waals surface area (Å²) >= 11 is 0. The zero-order valence-corrected chi connectivity index (χ0v) is 31.5. The minimum Gasteiger partial charge on any atom is -0.456 e. The highest BCUT2D eigenvalue weighted by Gasteiger charge is 2.53. The van der Waals surface area contributed by atoms with E-state index in [4.69, 9.17) is 14.7 Å². The number of fused-ring (bicyclic) bond motifs is 10. The Morgan fingerprint density at radius 3 is 2.02 bits per heavy atom. The van der Waals surface area contributed by atoms with Gasteiger partial charge in [0.05, 0.1) is 22.2 Å². The van der Waals surface area contributed by atoms with E-state index in [9.17, 15) is 0 Å². The number of aromatic nitrogens is 2. The molecule has 0 saturated carbocycles. The molecule has 11 rings (SSSR count). The molecule has 3 aliphatic carbocycles. The van der Waals surface area contributed by atoms with Crippen LogP contribution in [-0.4, -0.2) is 9.97 Å². The van der Waals surface area contributed by atoms with E-state index in [0.29, 0.717) is 5.92 Å². The SMILES string of the molecule is CC1C=CC=C(c2cc(-c3ccccc3)nc(C3(C)c4ccccc4C=CC3c3cccc4c3Oc3ccccc3C43c4ccccc4-c4ccccc43)n2)C1. The van der Waals surface area contributed by atoms with Crippen LogP contribution in [0.4, 0.5) is 0 Å². The summed E-state index contributed by atoms with van der Waals surface area (Å²) in [5.41, 5.74) is 14.0. The summed E-state index contributed by atoms with van der Waals surface area (Å²) in [4.78, 5) is 11.1. The smallest absolute Gasteiger partial charge is 0.140 e. The maximum absolute atomic E-state index is 7.23. The van der Waals surface area contributed by atoms with Crippen LogP contribution >= 0.6 is 0 Å². The van der Waals surface area contributed by atoms with Crippen molar-refractivity contribution in [2.24, 2.45) is 5.92 Å². The molecule has 1 aromatic heterocycles. The fourth-order valence-electron chi connectivity index (χ4n) is 10.1. The molecule has 4 aliphatic rings. The van der Waals surface area contributed by atoms with E-state index in [1.807, 2.05) is 0 Å². The fraction of sp³-hybridized carbons (Fsp3) is 0.132. The number of allylic oxidation sites excluding steroid dienone is 5. The Kier molecular flexibility index (Phi) is 7.31. The van der Waals surface area contributed by atoms with Gasteiger partial charge >= 0.3 is 0 Å². The Labute approximate surface area is 328 Å². The monoisotopic (exact) mass is 720 g/mol. The normalized spacial score (nSPS) is 20.6. The first-order valence-corrected chi connectivity index (χ1v) is 19.8. The molecule has 1 aliphatic heterocycles. The Morgan fingerprint density at radius 1 is 0.607 bits per heavy atom. The van der Waals surface area contributed by atoms with Gasteiger partial charge in [0.25, 0.3) is 0 Å². The van der Waals surface area contributed by atoms with E-state index in [1.54, 1.807) is 0 Å². The summed E-state index contributed by atoms with van der Waals surface area (Å²) in [6.45, 7) is 4.62. The van der Waals surface area contributed by atoms with Crippen LogP contribution in [0.15, 0.2) is 176 Å². The summed E-state index contributed by atoms with van der Waals surface area (Å²) in [5.74, 6) is 2.88. The van der Waals surface area contributed by atoms with Gasteiger partial charge in [-0.25, -0.2) is 9.97 Å². The van der Waals surface area contributed by atoms with Gasteiger partial charge in [0.15, 0.2) is 0 Å². The molecule has 0 fully saturated rings. The number of benzene rings is 6. The third-order valence-corrected chi connectivity index (χ3v) is 12.7. The first kappa shape index (κ1) is 32.8. The van der Waals surface area contributed by atoms with Gasteiger partial charge < -0.3 is 4.74 Å². The van der Waals surface area contributed by atoms with Gasteiger partial charge in [0.2, 0.25) is 0 Å². The van der Waals surface area contributed by atoms with Crippen molar-refractivity contribution in [3.8, 4) is 33.9 Å². The average Bonchev–Trinajstić information content (AvgIpc) is 3.55. The van der Waals surface area contributed by atoms with Crippen molar-refractivity contribution in [2.45, 2.75) is 37.0 Å². The molecule has 268 valence electrons. The molecule has 6 aromatic carbocycles. The van der Waals surface area contributed by atoms with Gasteiger partial charge in [0, 0.05) is 28.2 Å². The summed E-state index contributed by atoms with van der Waals surface area (Å²) in [5, 5.41) is 0. The van der Waals surface area contributed by atoms with Gasteiger partial charge in [-0.3, -0.25) is 0 Å². The molecule has 3 heteroatoms. The van der Waals surface area contributed by atoms with Crippen molar-refractivity contribution in [3.05, 3.63) is 226 Å². The Balaban J connectivity index is 1.18. The van der Waals surface area contributed by atoms with Crippen LogP contribution in [-0.2, 0) is 10.8 Å². The number of ether oxygens (including phenoxy) is 1. The molecule has 0 saturated heterocycles. The lowest BCUT2D eigenvalue weighted by molar-refractivity contribution is 0.410. The van der Waals surface area contributed by atoms with Gasteiger partial charge in [-0.05, 0) is 70.3 Å². The zero-order chi connectivity index (χ0) is 37.4. The number of hydrogen-bond acceptors (Lipinski definition) is 3. The maximum atomic E-state index is 7.23. The van der Waals surface area contributed by atoms with E-state index < -0.39 is 10.8 Å². The first-order chi connectivity index (χ1) is 27.5. The predicted molar refractivity (Wildman–Crippen MR) is 227 cm³/mol. The highest BCUT2D eigenvalue weighted by Crippen LogP contribution is 2.64. The first-order valence-electron chi connectivity index (χ1n) is 19.8. The third kappa shape index (κ3) is 4.64. The molecule has 0 bridgehead atoms. The van der Waals surface area contributed by atoms with Gasteiger partial charge in [-0.2, -0.15) is 0 Å². The lowest BCUT2D eigenvalue weighted by Gasteiger charge is -2.43. The fourth-order valence-corrected chi connectivity index (χ4v) is 10.1. The topological polar surface area (TPSA) is 35.0 Å². The average molecular weight is 721 g/mol. The molecule has 0 N–H and O–H groups in total. The summed E-state index contributed by atoms with van der Waals surface area (Å²) in [6.07, 6.45) is 12.3. The van der Waals surface area contributed by atoms with Crippen LogP contribution in [0.3, 0.4) is 0 Å². The maximum Gasteiger partial charge on any atom is 0.140 e. The quantitative estimate of drug-likeness (QED) is 0.182. The highest BCUT2D eigenvalue weighted by atomic mass is 16.5. The third-order valence-electron chi connectivity index (χ3n) is 12.7. The molecule has 0 amide bonds. The van der Waals surface area contributed by atoms with Crippen molar-refractivity contribution in [2.75, 3.05) is 0 Å². The van der Waals surface area contributed by atoms with Crippen molar-refractivity contribution < 1.29 is 4.74 Å². The van der Waals surface area contributed by atoms with E-state index in [0.717, 1.165) is 51.8 Å². The molecule has 7 aromatic rings. The van der Waals surface area contributed by atoms with Crippen molar-refractivity contribution in [1.82, 2.24) is 9.97 Å². The molecule has 3 nitrogen and oxygen atoms in total. The second-order valence-corrected chi connectivity index (χ2v) is 15.9. The lowest BCUT2D eigenvalue weighted by Crippen LogP contribution is -2.37. The van der Waals surface area contributed by atoms with Crippen LogP contribution < -0.4 is 4.74 Å². The lowest BCUT2D eigenvalue weighted by atomic mass is 9.62. The van der Waals surface area contributed by atoms with Crippen LogP contribution in [0.25, 0.3) is 34.0 Å². The largest absolute Gasteiger partial charge is 0.456 e. The van der Waals surface area contributed by atoms with Crippen molar-refractivity contribution in [3.63, 3.8) is 0 Å². The van der Waals surface area contributed by atoms with Gasteiger partial charge in [-0.15, -0.1) is 0 Å². The zero-order valence-electron chi connectivity index (χ0n) is 31.5. The molecule has 3 unspecified atom stereocenters.